The summed E-state index contributed by atoms with van der Waals surface area (Å²) in [5, 5.41) is 6.05. The molecule has 2 aromatic rings. The smallest absolute Gasteiger partial charge is 0.251 e. The first-order valence-electron chi connectivity index (χ1n) is 6.44. The Morgan fingerprint density at radius 2 is 1.85 bits per heavy atom. The molecule has 0 fully saturated rings. The van der Waals surface area contributed by atoms with E-state index in [1.165, 1.54) is 9.13 Å². The van der Waals surface area contributed by atoms with Crippen LogP contribution in [0.25, 0.3) is 0 Å². The monoisotopic (exact) mass is 380 g/mol. The molecule has 0 aliphatic carbocycles. The van der Waals surface area contributed by atoms with Gasteiger partial charge in [0.2, 0.25) is 0 Å². The van der Waals surface area contributed by atoms with Crippen molar-refractivity contribution in [1.82, 2.24) is 5.32 Å². The summed E-state index contributed by atoms with van der Waals surface area (Å²) in [7, 11) is 1.64. The van der Waals surface area contributed by atoms with Crippen molar-refractivity contribution in [2.24, 2.45) is 0 Å². The average Bonchev–Trinajstić information content (AvgIpc) is 2.47. The number of amides is 1. The Labute approximate surface area is 132 Å². The molecule has 0 radical (unpaired) electrons. The van der Waals surface area contributed by atoms with Crippen LogP contribution in [-0.4, -0.2) is 13.0 Å². The zero-order valence-electron chi connectivity index (χ0n) is 11.5. The normalized spacial score (nSPS) is 11.8. The van der Waals surface area contributed by atoms with Gasteiger partial charge in [-0.1, -0.05) is 18.2 Å². The van der Waals surface area contributed by atoms with Crippen molar-refractivity contribution in [2.45, 2.75) is 13.0 Å². The van der Waals surface area contributed by atoms with Gasteiger partial charge in [0.15, 0.2) is 0 Å². The van der Waals surface area contributed by atoms with Gasteiger partial charge < -0.3 is 10.6 Å². The SMILES string of the molecule is CNC(=O)c1cccc(NC(C)c2ccc(I)cc2)c1. The first kappa shape index (κ1) is 14.8. The van der Waals surface area contributed by atoms with Crippen molar-refractivity contribution in [2.75, 3.05) is 12.4 Å². The second-order valence-electron chi connectivity index (χ2n) is 4.58. The van der Waals surface area contributed by atoms with Crippen molar-refractivity contribution < 1.29 is 4.79 Å². The lowest BCUT2D eigenvalue weighted by atomic mass is 10.1. The lowest BCUT2D eigenvalue weighted by Gasteiger charge is -2.16. The van der Waals surface area contributed by atoms with Crippen LogP contribution in [0, 0.1) is 3.57 Å². The van der Waals surface area contributed by atoms with E-state index >= 15 is 0 Å². The highest BCUT2D eigenvalue weighted by atomic mass is 127. The van der Waals surface area contributed by atoms with Gasteiger partial charge in [0, 0.05) is 27.9 Å². The van der Waals surface area contributed by atoms with Crippen LogP contribution < -0.4 is 10.6 Å². The molecule has 3 nitrogen and oxygen atoms in total. The van der Waals surface area contributed by atoms with Crippen molar-refractivity contribution >= 4 is 34.2 Å². The minimum atomic E-state index is -0.0735. The number of carbonyl (C=O) groups is 1. The molecule has 1 unspecified atom stereocenters. The summed E-state index contributed by atoms with van der Waals surface area (Å²) in [5.74, 6) is -0.0735. The van der Waals surface area contributed by atoms with Gasteiger partial charge in [0.25, 0.3) is 5.91 Å². The van der Waals surface area contributed by atoms with Gasteiger partial charge in [-0.25, -0.2) is 0 Å². The maximum absolute atomic E-state index is 11.6. The van der Waals surface area contributed by atoms with Crippen LogP contribution in [0.1, 0.15) is 28.9 Å². The van der Waals surface area contributed by atoms with Gasteiger partial charge >= 0.3 is 0 Å². The van der Waals surface area contributed by atoms with Gasteiger partial charge in [0.05, 0.1) is 0 Å². The lowest BCUT2D eigenvalue weighted by Crippen LogP contribution is -2.18. The van der Waals surface area contributed by atoms with E-state index in [4.69, 9.17) is 0 Å². The number of hydrogen-bond donors (Lipinski definition) is 2. The minimum absolute atomic E-state index is 0.0735. The van der Waals surface area contributed by atoms with Crippen molar-refractivity contribution in [3.8, 4) is 0 Å². The molecule has 1 atom stereocenters. The van der Waals surface area contributed by atoms with Crippen LogP contribution >= 0.6 is 22.6 Å². The quantitative estimate of drug-likeness (QED) is 0.792. The summed E-state index contributed by atoms with van der Waals surface area (Å²) >= 11 is 2.29. The Hall–Kier alpha value is -1.56. The molecule has 0 aromatic heterocycles. The van der Waals surface area contributed by atoms with Crippen molar-refractivity contribution in [1.29, 1.82) is 0 Å². The minimum Gasteiger partial charge on any atom is -0.379 e. The van der Waals surface area contributed by atoms with Crippen LogP contribution in [0.3, 0.4) is 0 Å². The number of carbonyl (C=O) groups excluding carboxylic acids is 1. The average molecular weight is 380 g/mol. The molecular weight excluding hydrogens is 363 g/mol. The van der Waals surface area contributed by atoms with E-state index in [2.05, 4.69) is 64.4 Å². The number of halogens is 1. The molecule has 1 amide bonds. The van der Waals surface area contributed by atoms with E-state index in [-0.39, 0.29) is 11.9 Å². The van der Waals surface area contributed by atoms with Crippen LogP contribution in [0.4, 0.5) is 5.69 Å². The predicted molar refractivity (Wildman–Crippen MR) is 91.0 cm³/mol. The Kier molecular flexibility index (Phi) is 5.00. The third kappa shape index (κ3) is 3.72. The summed E-state index contributed by atoms with van der Waals surface area (Å²) < 4.78 is 1.22. The lowest BCUT2D eigenvalue weighted by molar-refractivity contribution is 0.0963. The Balaban J connectivity index is 2.13. The standard InChI is InChI=1S/C16H17IN2O/c1-11(12-6-8-14(17)9-7-12)19-15-5-3-4-13(10-15)16(20)18-2/h3-11,19H,1-2H3,(H,18,20). The second kappa shape index (κ2) is 6.74. The third-order valence-corrected chi connectivity index (χ3v) is 3.82. The fraction of sp³-hybridized carbons (Fsp3) is 0.188. The fourth-order valence-corrected chi connectivity index (χ4v) is 2.34. The van der Waals surface area contributed by atoms with E-state index in [0.29, 0.717) is 5.56 Å². The summed E-state index contributed by atoms with van der Waals surface area (Å²) in [6.07, 6.45) is 0. The molecule has 2 N–H and O–H groups in total. The predicted octanol–water partition coefficient (Wildman–Crippen LogP) is 3.82. The van der Waals surface area contributed by atoms with Crippen LogP contribution in [0.5, 0.6) is 0 Å². The molecule has 2 rings (SSSR count). The first-order valence-corrected chi connectivity index (χ1v) is 7.52. The Morgan fingerprint density at radius 3 is 2.50 bits per heavy atom. The molecule has 0 heterocycles. The number of hydrogen-bond acceptors (Lipinski definition) is 2. The van der Waals surface area contributed by atoms with E-state index < -0.39 is 0 Å². The van der Waals surface area contributed by atoms with Crippen LogP contribution in [-0.2, 0) is 0 Å². The molecule has 2 aromatic carbocycles. The summed E-state index contributed by atoms with van der Waals surface area (Å²) in [6.45, 7) is 2.11. The highest BCUT2D eigenvalue weighted by molar-refractivity contribution is 14.1. The molecule has 4 heteroatoms. The molecule has 0 aliphatic rings. The topological polar surface area (TPSA) is 41.1 Å². The molecule has 0 saturated carbocycles. The summed E-state index contributed by atoms with van der Waals surface area (Å²) in [4.78, 5) is 11.6. The number of anilines is 1. The largest absolute Gasteiger partial charge is 0.379 e. The first-order chi connectivity index (χ1) is 9.60. The highest BCUT2D eigenvalue weighted by Gasteiger charge is 2.07. The molecule has 0 saturated heterocycles. The van der Waals surface area contributed by atoms with Crippen molar-refractivity contribution in [3.63, 3.8) is 0 Å². The summed E-state index contributed by atoms with van der Waals surface area (Å²) in [5.41, 5.74) is 2.82. The van der Waals surface area contributed by atoms with Gasteiger partial charge in [-0.15, -0.1) is 0 Å². The van der Waals surface area contributed by atoms with Gasteiger partial charge in [-0.05, 0) is 65.4 Å². The van der Waals surface area contributed by atoms with E-state index in [1.807, 2.05) is 18.2 Å². The number of nitrogens with one attached hydrogen (secondary N) is 2. The maximum Gasteiger partial charge on any atom is 0.251 e. The van der Waals surface area contributed by atoms with Crippen LogP contribution in [0.15, 0.2) is 48.5 Å². The molecule has 0 aliphatic heterocycles. The number of benzene rings is 2. The van der Waals surface area contributed by atoms with Gasteiger partial charge in [0.1, 0.15) is 0 Å². The molecule has 104 valence electrons. The van der Waals surface area contributed by atoms with E-state index in [0.717, 1.165) is 5.69 Å². The molecule has 0 spiro atoms. The third-order valence-electron chi connectivity index (χ3n) is 3.10. The maximum atomic E-state index is 11.6. The zero-order valence-corrected chi connectivity index (χ0v) is 13.6. The van der Waals surface area contributed by atoms with Gasteiger partial charge in [-0.2, -0.15) is 0 Å². The molecule has 20 heavy (non-hydrogen) atoms. The second-order valence-corrected chi connectivity index (χ2v) is 5.82. The van der Waals surface area contributed by atoms with E-state index in [9.17, 15) is 4.79 Å². The zero-order chi connectivity index (χ0) is 14.5. The Bertz CT molecular complexity index is 596. The molecule has 0 bridgehead atoms. The number of rotatable bonds is 4. The van der Waals surface area contributed by atoms with Crippen molar-refractivity contribution in [3.05, 3.63) is 63.2 Å². The fourth-order valence-electron chi connectivity index (χ4n) is 1.98. The van der Waals surface area contributed by atoms with E-state index in [1.54, 1.807) is 13.1 Å². The van der Waals surface area contributed by atoms with Crippen LogP contribution in [0.2, 0.25) is 0 Å². The van der Waals surface area contributed by atoms with Gasteiger partial charge in [-0.3, -0.25) is 4.79 Å². The Morgan fingerprint density at radius 1 is 1.15 bits per heavy atom. The highest BCUT2D eigenvalue weighted by Crippen LogP contribution is 2.20. The molecular formula is C16H17IN2O. The summed E-state index contributed by atoms with van der Waals surface area (Å²) in [6, 6.07) is 16.1.